The lowest BCUT2D eigenvalue weighted by atomic mass is 10.2. The van der Waals surface area contributed by atoms with Gasteiger partial charge in [0, 0.05) is 43.6 Å². The van der Waals surface area contributed by atoms with Crippen molar-refractivity contribution in [3.05, 3.63) is 57.5 Å². The monoisotopic (exact) mass is 315 g/mol. The number of aromatic nitrogens is 2. The van der Waals surface area contributed by atoms with E-state index in [2.05, 4.69) is 15.3 Å². The third kappa shape index (κ3) is 4.22. The number of hydrogen-bond donors (Lipinski definition) is 1. The Labute approximate surface area is 133 Å². The molecule has 0 spiro atoms. The Morgan fingerprint density at radius 1 is 1.26 bits per heavy atom. The minimum atomic E-state index is -0.509. The molecular weight excluding hydrogens is 298 g/mol. The molecule has 0 atom stereocenters. The molecule has 1 amide bonds. The highest BCUT2D eigenvalue weighted by Crippen LogP contribution is 2.12. The molecule has 0 aliphatic carbocycles. The molecule has 8 heteroatoms. The van der Waals surface area contributed by atoms with Gasteiger partial charge in [0.25, 0.3) is 11.6 Å². The maximum absolute atomic E-state index is 12.1. The molecule has 0 aliphatic heterocycles. The van der Waals surface area contributed by atoms with Gasteiger partial charge in [0.05, 0.1) is 11.5 Å². The minimum Gasteiger partial charge on any atom is -0.363 e. The van der Waals surface area contributed by atoms with Gasteiger partial charge in [-0.3, -0.25) is 14.9 Å². The second-order valence-corrected chi connectivity index (χ2v) is 5.16. The van der Waals surface area contributed by atoms with Crippen LogP contribution >= 0.6 is 0 Å². The summed E-state index contributed by atoms with van der Waals surface area (Å²) >= 11 is 0. The lowest BCUT2D eigenvalue weighted by Gasteiger charge is -2.13. The van der Waals surface area contributed by atoms with E-state index >= 15 is 0 Å². The highest BCUT2D eigenvalue weighted by molar-refractivity contribution is 5.94. The molecule has 2 rings (SSSR count). The maximum atomic E-state index is 12.1. The van der Waals surface area contributed by atoms with E-state index in [9.17, 15) is 14.9 Å². The number of carbonyl (C=O) groups excluding carboxylic acids is 1. The van der Waals surface area contributed by atoms with Crippen molar-refractivity contribution in [1.29, 1.82) is 0 Å². The van der Waals surface area contributed by atoms with Crippen LogP contribution in [0.3, 0.4) is 0 Å². The van der Waals surface area contributed by atoms with Crippen molar-refractivity contribution in [3.63, 3.8) is 0 Å². The average molecular weight is 315 g/mol. The van der Waals surface area contributed by atoms with Crippen LogP contribution in [-0.4, -0.2) is 34.9 Å². The highest BCUT2D eigenvalue weighted by Gasteiger charge is 2.10. The van der Waals surface area contributed by atoms with E-state index in [1.165, 1.54) is 24.3 Å². The zero-order valence-electron chi connectivity index (χ0n) is 13.1. The van der Waals surface area contributed by atoms with E-state index in [4.69, 9.17) is 0 Å². The molecule has 0 saturated carbocycles. The molecule has 1 N–H and O–H groups in total. The molecule has 8 nitrogen and oxygen atoms in total. The Balaban J connectivity index is 2.05. The van der Waals surface area contributed by atoms with Gasteiger partial charge in [-0.1, -0.05) is 0 Å². The first-order valence-electron chi connectivity index (χ1n) is 6.91. The van der Waals surface area contributed by atoms with Crippen LogP contribution in [0.2, 0.25) is 0 Å². The smallest absolute Gasteiger partial charge is 0.269 e. The summed E-state index contributed by atoms with van der Waals surface area (Å²) in [7, 11) is 3.75. The second-order valence-electron chi connectivity index (χ2n) is 5.16. The van der Waals surface area contributed by atoms with Crippen LogP contribution in [0.4, 0.5) is 11.5 Å². The lowest BCUT2D eigenvalue weighted by Crippen LogP contribution is -2.24. The van der Waals surface area contributed by atoms with E-state index in [0.29, 0.717) is 11.4 Å². The van der Waals surface area contributed by atoms with Crippen molar-refractivity contribution < 1.29 is 9.72 Å². The Morgan fingerprint density at radius 2 is 1.91 bits per heavy atom. The van der Waals surface area contributed by atoms with Gasteiger partial charge in [-0.2, -0.15) is 0 Å². The summed E-state index contributed by atoms with van der Waals surface area (Å²) in [6.45, 7) is 2.04. The molecule has 0 bridgehead atoms. The third-order valence-corrected chi connectivity index (χ3v) is 3.09. The summed E-state index contributed by atoms with van der Waals surface area (Å²) in [6.07, 6.45) is 0. The highest BCUT2D eigenvalue weighted by atomic mass is 16.6. The predicted molar refractivity (Wildman–Crippen MR) is 85.4 cm³/mol. The number of nitrogens with zero attached hydrogens (tertiary/aromatic N) is 4. The van der Waals surface area contributed by atoms with Gasteiger partial charge in [-0.05, 0) is 19.1 Å². The lowest BCUT2D eigenvalue weighted by molar-refractivity contribution is -0.384. The van der Waals surface area contributed by atoms with Crippen LogP contribution in [0.25, 0.3) is 0 Å². The SMILES string of the molecule is Cc1cc(N(C)C)nc(CNC(=O)c2ccc([N+](=O)[O-])cc2)n1. The number of non-ortho nitro benzene ring substituents is 1. The standard InChI is InChI=1S/C15H17N5O3/c1-10-8-14(19(2)3)18-13(17-10)9-16-15(21)11-4-6-12(7-5-11)20(22)23/h4-8H,9H2,1-3H3,(H,16,21). The Hall–Kier alpha value is -3.03. The fourth-order valence-electron chi connectivity index (χ4n) is 1.92. The van der Waals surface area contributed by atoms with Gasteiger partial charge < -0.3 is 10.2 Å². The van der Waals surface area contributed by atoms with Crippen LogP contribution in [0.1, 0.15) is 21.9 Å². The van der Waals surface area contributed by atoms with E-state index in [1.807, 2.05) is 32.0 Å². The van der Waals surface area contributed by atoms with Gasteiger partial charge >= 0.3 is 0 Å². The first-order chi connectivity index (χ1) is 10.9. The Morgan fingerprint density at radius 3 is 2.48 bits per heavy atom. The van der Waals surface area contributed by atoms with Gasteiger partial charge in [0.2, 0.25) is 0 Å². The molecule has 120 valence electrons. The molecule has 0 aliphatic rings. The van der Waals surface area contributed by atoms with Crippen LogP contribution in [0.5, 0.6) is 0 Å². The zero-order chi connectivity index (χ0) is 17.0. The van der Waals surface area contributed by atoms with Crippen LogP contribution in [0, 0.1) is 17.0 Å². The van der Waals surface area contributed by atoms with Gasteiger partial charge in [-0.25, -0.2) is 9.97 Å². The maximum Gasteiger partial charge on any atom is 0.269 e. The van der Waals surface area contributed by atoms with Crippen LogP contribution in [-0.2, 0) is 6.54 Å². The molecule has 1 heterocycles. The molecule has 0 radical (unpaired) electrons. The zero-order valence-corrected chi connectivity index (χ0v) is 13.1. The molecule has 0 unspecified atom stereocenters. The summed E-state index contributed by atoms with van der Waals surface area (Å²) in [4.78, 5) is 32.6. The van der Waals surface area contributed by atoms with Gasteiger partial charge in [0.15, 0.2) is 0 Å². The number of carbonyl (C=O) groups is 1. The van der Waals surface area contributed by atoms with Crippen molar-refractivity contribution in [2.45, 2.75) is 13.5 Å². The number of benzene rings is 1. The summed E-state index contributed by atoms with van der Waals surface area (Å²) < 4.78 is 0. The average Bonchev–Trinajstić information content (AvgIpc) is 2.52. The number of nitro groups is 1. The van der Waals surface area contributed by atoms with Crippen molar-refractivity contribution >= 4 is 17.4 Å². The molecule has 0 fully saturated rings. The summed E-state index contributed by atoms with van der Waals surface area (Å²) in [5, 5.41) is 13.3. The van der Waals surface area contributed by atoms with Crippen LogP contribution in [0.15, 0.2) is 30.3 Å². The number of amides is 1. The number of hydrogen-bond acceptors (Lipinski definition) is 6. The Kier molecular flexibility index (Phi) is 4.85. The third-order valence-electron chi connectivity index (χ3n) is 3.09. The second kappa shape index (κ2) is 6.82. The largest absolute Gasteiger partial charge is 0.363 e. The predicted octanol–water partition coefficient (Wildman–Crippen LogP) is 1.69. The van der Waals surface area contributed by atoms with Crippen molar-refractivity contribution in [2.24, 2.45) is 0 Å². The summed E-state index contributed by atoms with van der Waals surface area (Å²) in [6, 6.07) is 7.26. The Bertz CT molecular complexity index is 728. The molecular formula is C15H17N5O3. The van der Waals surface area contributed by atoms with E-state index in [0.717, 1.165) is 11.5 Å². The first-order valence-corrected chi connectivity index (χ1v) is 6.91. The van der Waals surface area contributed by atoms with E-state index < -0.39 is 4.92 Å². The number of nitro benzene ring substituents is 1. The van der Waals surface area contributed by atoms with Crippen molar-refractivity contribution in [1.82, 2.24) is 15.3 Å². The number of rotatable bonds is 5. The first kappa shape index (κ1) is 16.3. The number of nitrogens with one attached hydrogen (secondary N) is 1. The van der Waals surface area contributed by atoms with Crippen molar-refractivity contribution in [2.75, 3.05) is 19.0 Å². The number of aryl methyl sites for hydroxylation is 1. The molecule has 23 heavy (non-hydrogen) atoms. The minimum absolute atomic E-state index is 0.0563. The van der Waals surface area contributed by atoms with Crippen molar-refractivity contribution in [3.8, 4) is 0 Å². The van der Waals surface area contributed by atoms with E-state index in [-0.39, 0.29) is 18.1 Å². The molecule has 0 saturated heterocycles. The molecule has 2 aromatic rings. The van der Waals surface area contributed by atoms with E-state index in [1.54, 1.807) is 0 Å². The fraction of sp³-hybridized carbons (Fsp3) is 0.267. The van der Waals surface area contributed by atoms with Gasteiger partial charge in [-0.15, -0.1) is 0 Å². The normalized spacial score (nSPS) is 10.2. The topological polar surface area (TPSA) is 101 Å². The summed E-state index contributed by atoms with van der Waals surface area (Å²) in [5.74, 6) is 0.928. The molecule has 1 aromatic carbocycles. The summed E-state index contributed by atoms with van der Waals surface area (Å²) in [5.41, 5.74) is 1.10. The van der Waals surface area contributed by atoms with Gasteiger partial charge in [0.1, 0.15) is 11.6 Å². The van der Waals surface area contributed by atoms with Crippen LogP contribution < -0.4 is 10.2 Å². The quantitative estimate of drug-likeness (QED) is 0.665. The molecule has 1 aromatic heterocycles. The number of anilines is 1. The fourth-order valence-corrected chi connectivity index (χ4v) is 1.92.